The first-order valence-corrected chi connectivity index (χ1v) is 11.6. The van der Waals surface area contributed by atoms with Crippen molar-refractivity contribution in [1.29, 1.82) is 0 Å². The molecule has 3 aromatic carbocycles. The molecule has 0 aliphatic carbocycles. The Kier molecular flexibility index (Phi) is 7.44. The molecule has 0 spiro atoms. The summed E-state index contributed by atoms with van der Waals surface area (Å²) in [4.78, 5) is 30.0. The topological polar surface area (TPSA) is 70.5 Å². The minimum atomic E-state index is -1.08. The van der Waals surface area contributed by atoms with Gasteiger partial charge in [0.05, 0.1) is 22.8 Å². The predicted molar refractivity (Wildman–Crippen MR) is 141 cm³/mol. The molecule has 0 bridgehead atoms. The molecule has 1 atom stereocenters. The number of rotatable bonds is 9. The van der Waals surface area contributed by atoms with E-state index in [9.17, 15) is 14.1 Å². The second-order valence-corrected chi connectivity index (χ2v) is 8.40. The minimum Gasteiger partial charge on any atom is -0.373 e. The zero-order chi connectivity index (χ0) is 25.7. The van der Waals surface area contributed by atoms with E-state index in [4.69, 9.17) is 0 Å². The number of carbonyl (C=O) groups excluding carboxylic acids is 2. The van der Waals surface area contributed by atoms with Gasteiger partial charge in [-0.2, -0.15) is 5.10 Å². The van der Waals surface area contributed by atoms with E-state index in [-0.39, 0.29) is 5.69 Å². The molecule has 7 nitrogen and oxygen atoms in total. The SMILES string of the molecule is CCN(C)c1ccc(NF)cc1N(C(=O)C(C=O)c1cccc(-c2ccnn2C)c1)c1ccccc1. The van der Waals surface area contributed by atoms with Crippen LogP contribution in [0.15, 0.2) is 85.1 Å². The molecule has 36 heavy (non-hydrogen) atoms. The lowest BCUT2D eigenvalue weighted by Crippen LogP contribution is -2.33. The number of halogens is 1. The van der Waals surface area contributed by atoms with Crippen molar-refractivity contribution in [3.05, 3.63) is 90.6 Å². The Morgan fingerprint density at radius 2 is 1.83 bits per heavy atom. The van der Waals surface area contributed by atoms with Crippen LogP contribution in [0.2, 0.25) is 0 Å². The second kappa shape index (κ2) is 10.9. The molecular formula is C28H28FN5O2. The van der Waals surface area contributed by atoms with Gasteiger partial charge < -0.3 is 9.69 Å². The Morgan fingerprint density at radius 3 is 2.47 bits per heavy atom. The third kappa shape index (κ3) is 4.84. The number of aryl methyl sites for hydroxylation is 1. The van der Waals surface area contributed by atoms with Crippen molar-refractivity contribution in [1.82, 2.24) is 9.78 Å². The number of benzene rings is 3. The summed E-state index contributed by atoms with van der Waals surface area (Å²) in [7, 11) is 3.72. The summed E-state index contributed by atoms with van der Waals surface area (Å²) in [6, 6.07) is 23.2. The van der Waals surface area contributed by atoms with Crippen molar-refractivity contribution in [3.63, 3.8) is 0 Å². The van der Waals surface area contributed by atoms with Crippen LogP contribution in [0, 0.1) is 0 Å². The van der Waals surface area contributed by atoms with Gasteiger partial charge in [0.1, 0.15) is 12.2 Å². The van der Waals surface area contributed by atoms with Gasteiger partial charge in [-0.3, -0.25) is 14.4 Å². The molecule has 4 rings (SSSR count). The number of nitrogens with one attached hydrogen (secondary N) is 1. The quantitative estimate of drug-likeness (QED) is 0.193. The number of hydrogen-bond acceptors (Lipinski definition) is 5. The van der Waals surface area contributed by atoms with Crippen molar-refractivity contribution in [3.8, 4) is 11.3 Å². The van der Waals surface area contributed by atoms with E-state index in [1.165, 1.54) is 4.90 Å². The van der Waals surface area contributed by atoms with Crippen LogP contribution in [0.1, 0.15) is 18.4 Å². The van der Waals surface area contributed by atoms with E-state index >= 15 is 0 Å². The molecule has 0 fully saturated rings. The van der Waals surface area contributed by atoms with E-state index in [1.807, 2.05) is 68.4 Å². The highest BCUT2D eigenvalue weighted by Crippen LogP contribution is 2.38. The van der Waals surface area contributed by atoms with Crippen LogP contribution in [0.3, 0.4) is 0 Å². The van der Waals surface area contributed by atoms with Crippen LogP contribution in [0.5, 0.6) is 0 Å². The van der Waals surface area contributed by atoms with Crippen molar-refractivity contribution < 1.29 is 14.1 Å². The van der Waals surface area contributed by atoms with Crippen LogP contribution in [-0.4, -0.2) is 35.6 Å². The molecular weight excluding hydrogens is 457 g/mol. The minimum absolute atomic E-state index is 0.202. The third-order valence-corrected chi connectivity index (χ3v) is 6.21. The standard InChI is InChI=1S/C28H28FN5O2/c1-4-32(2)26-14-13-22(31-29)18-27(26)34(23-11-6-5-7-12-23)28(36)24(19-35)20-9-8-10-21(17-20)25-15-16-30-33(25)3/h5-19,24,31H,4H2,1-3H3. The first-order valence-electron chi connectivity index (χ1n) is 11.6. The highest BCUT2D eigenvalue weighted by atomic mass is 19.2. The average Bonchev–Trinajstić information content (AvgIpc) is 3.35. The molecule has 184 valence electrons. The number of aromatic nitrogens is 2. The zero-order valence-electron chi connectivity index (χ0n) is 20.4. The lowest BCUT2D eigenvalue weighted by Gasteiger charge is -2.31. The lowest BCUT2D eigenvalue weighted by molar-refractivity contribution is -0.123. The van der Waals surface area contributed by atoms with Crippen LogP contribution >= 0.6 is 0 Å². The summed E-state index contributed by atoms with van der Waals surface area (Å²) >= 11 is 0. The van der Waals surface area contributed by atoms with Crippen LogP contribution in [0.25, 0.3) is 11.3 Å². The molecule has 0 saturated carbocycles. The Balaban J connectivity index is 1.85. The van der Waals surface area contributed by atoms with Crippen molar-refractivity contribution in [2.45, 2.75) is 12.8 Å². The number of carbonyl (C=O) groups is 2. The summed E-state index contributed by atoms with van der Waals surface area (Å²) in [6.45, 7) is 2.65. The van der Waals surface area contributed by atoms with E-state index < -0.39 is 11.8 Å². The molecule has 0 saturated heterocycles. The zero-order valence-corrected chi connectivity index (χ0v) is 20.4. The first kappa shape index (κ1) is 24.7. The highest BCUT2D eigenvalue weighted by molar-refractivity contribution is 6.12. The number of hydrogen-bond donors (Lipinski definition) is 1. The lowest BCUT2D eigenvalue weighted by atomic mass is 9.95. The third-order valence-electron chi connectivity index (χ3n) is 6.21. The van der Waals surface area contributed by atoms with Gasteiger partial charge >= 0.3 is 0 Å². The molecule has 1 amide bonds. The van der Waals surface area contributed by atoms with Gasteiger partial charge in [0.2, 0.25) is 5.91 Å². The van der Waals surface area contributed by atoms with Gasteiger partial charge in [-0.05, 0) is 55.0 Å². The van der Waals surface area contributed by atoms with Crippen LogP contribution < -0.4 is 15.3 Å². The summed E-state index contributed by atoms with van der Waals surface area (Å²) < 4.78 is 15.2. The van der Waals surface area contributed by atoms with Crippen molar-refractivity contribution >= 4 is 34.9 Å². The van der Waals surface area contributed by atoms with E-state index in [0.29, 0.717) is 29.8 Å². The summed E-state index contributed by atoms with van der Waals surface area (Å²) in [5.41, 5.74) is 5.89. The largest absolute Gasteiger partial charge is 0.373 e. The first-order chi connectivity index (χ1) is 17.5. The number of anilines is 4. The Bertz CT molecular complexity index is 1360. The van der Waals surface area contributed by atoms with Gasteiger partial charge in [0.25, 0.3) is 0 Å². The maximum atomic E-state index is 14.1. The fraction of sp³-hybridized carbons (Fsp3) is 0.179. The van der Waals surface area contributed by atoms with Gasteiger partial charge in [-0.25, -0.2) is 5.54 Å². The van der Waals surface area contributed by atoms with Gasteiger partial charge in [-0.15, -0.1) is 4.48 Å². The molecule has 1 heterocycles. The van der Waals surface area contributed by atoms with Gasteiger partial charge in [0, 0.05) is 38.1 Å². The number of nitrogens with zero attached hydrogens (tertiary/aromatic N) is 4. The van der Waals surface area contributed by atoms with Crippen molar-refractivity contribution in [2.24, 2.45) is 7.05 Å². The Labute approximate surface area is 209 Å². The number of aldehydes is 1. The Morgan fingerprint density at radius 1 is 1.06 bits per heavy atom. The average molecular weight is 486 g/mol. The summed E-state index contributed by atoms with van der Waals surface area (Å²) in [5, 5.41) is 4.21. The van der Waals surface area contributed by atoms with Gasteiger partial charge in [0.15, 0.2) is 0 Å². The van der Waals surface area contributed by atoms with E-state index in [2.05, 4.69) is 5.10 Å². The highest BCUT2D eigenvalue weighted by Gasteiger charge is 2.30. The van der Waals surface area contributed by atoms with Gasteiger partial charge in [-0.1, -0.05) is 36.4 Å². The smallest absolute Gasteiger partial charge is 0.246 e. The molecule has 8 heteroatoms. The van der Waals surface area contributed by atoms with Crippen LogP contribution in [0.4, 0.5) is 27.2 Å². The monoisotopic (exact) mass is 485 g/mol. The summed E-state index contributed by atoms with van der Waals surface area (Å²) in [6.07, 6.45) is 2.35. The van der Waals surface area contributed by atoms with E-state index in [1.54, 1.807) is 52.8 Å². The van der Waals surface area contributed by atoms with Crippen molar-refractivity contribution in [2.75, 3.05) is 28.9 Å². The molecule has 0 aliphatic heterocycles. The fourth-order valence-corrected chi connectivity index (χ4v) is 4.18. The second-order valence-electron chi connectivity index (χ2n) is 8.40. The fourth-order valence-electron chi connectivity index (χ4n) is 4.18. The summed E-state index contributed by atoms with van der Waals surface area (Å²) in [5.74, 6) is -1.53. The maximum Gasteiger partial charge on any atom is 0.246 e. The van der Waals surface area contributed by atoms with Crippen LogP contribution in [-0.2, 0) is 16.6 Å². The maximum absolute atomic E-state index is 14.1. The normalized spacial score (nSPS) is 11.6. The van der Waals surface area contributed by atoms with E-state index in [0.717, 1.165) is 16.9 Å². The molecule has 1 unspecified atom stereocenters. The Hall–Kier alpha value is -4.46. The number of amides is 1. The molecule has 1 N–H and O–H groups in total. The molecule has 4 aromatic rings. The predicted octanol–water partition coefficient (Wildman–Crippen LogP) is 5.49. The molecule has 0 aliphatic rings. The molecule has 1 aromatic heterocycles. The number of para-hydroxylation sites is 1. The molecule has 0 radical (unpaired) electrons.